The quantitative estimate of drug-likeness (QED) is 0.261. The Labute approximate surface area is 189 Å². The fourth-order valence-electron chi connectivity index (χ4n) is 3.07. The Bertz CT molecular complexity index is 1400. The lowest BCUT2D eigenvalue weighted by atomic mass is 10.0. The summed E-state index contributed by atoms with van der Waals surface area (Å²) in [6.07, 6.45) is 4.47. The van der Waals surface area contributed by atoms with Crippen molar-refractivity contribution in [1.82, 2.24) is 4.98 Å². The van der Waals surface area contributed by atoms with E-state index < -0.39 is 21.8 Å². The van der Waals surface area contributed by atoms with Gasteiger partial charge in [-0.3, -0.25) is 14.5 Å². The number of halogens is 2. The van der Waals surface area contributed by atoms with Crippen molar-refractivity contribution in [2.24, 2.45) is 0 Å². The summed E-state index contributed by atoms with van der Waals surface area (Å²) in [6, 6.07) is 17.6. The third kappa shape index (κ3) is 4.51. The van der Waals surface area contributed by atoms with Gasteiger partial charge in [0.1, 0.15) is 0 Å². The molecule has 0 atom stereocenters. The van der Waals surface area contributed by atoms with Crippen molar-refractivity contribution >= 4 is 33.1 Å². The molecule has 0 fully saturated rings. The van der Waals surface area contributed by atoms with Crippen LogP contribution in [0.3, 0.4) is 0 Å². The van der Waals surface area contributed by atoms with Crippen LogP contribution < -0.4 is 9.29 Å². The van der Waals surface area contributed by atoms with Crippen LogP contribution in [0.15, 0.2) is 96.3 Å². The molecule has 0 unspecified atom stereocenters. The van der Waals surface area contributed by atoms with Gasteiger partial charge in [-0.2, -0.15) is 0 Å². The summed E-state index contributed by atoms with van der Waals surface area (Å²) in [7, 11) is -4.03. The minimum Gasteiger partial charge on any atom is -0.289 e. The number of pyridine rings is 2. The molecule has 0 radical (unpaired) electrons. The Morgan fingerprint density at radius 2 is 1.69 bits per heavy atom. The molecule has 4 rings (SSSR count). The van der Waals surface area contributed by atoms with Crippen molar-refractivity contribution in [2.45, 2.75) is 4.90 Å². The molecule has 0 aliphatic carbocycles. The lowest BCUT2D eigenvalue weighted by molar-refractivity contribution is -0.627. The van der Waals surface area contributed by atoms with Gasteiger partial charge in [-0.15, -0.1) is 8.96 Å². The minimum atomic E-state index is -4.03. The average molecular weight is 469 g/mol. The number of aromatic nitrogens is 2. The Balaban J connectivity index is 1.66. The van der Waals surface area contributed by atoms with E-state index in [0.29, 0.717) is 11.3 Å². The van der Waals surface area contributed by atoms with Gasteiger partial charge in [-0.1, -0.05) is 11.6 Å². The van der Waals surface area contributed by atoms with Gasteiger partial charge in [-0.25, -0.2) is 8.42 Å². The van der Waals surface area contributed by atoms with Gasteiger partial charge < -0.3 is 0 Å². The van der Waals surface area contributed by atoms with Crippen LogP contribution in [0.5, 0.6) is 0 Å². The number of sulfonamides is 1. The summed E-state index contributed by atoms with van der Waals surface area (Å²) >= 11 is 6.05. The highest BCUT2D eigenvalue weighted by Crippen LogP contribution is 2.26. The second-order valence-corrected chi connectivity index (χ2v) is 8.87. The predicted molar refractivity (Wildman–Crippen MR) is 118 cm³/mol. The normalized spacial score (nSPS) is 11.2. The number of carbonyl (C=O) groups excluding carboxylic acids is 1. The second-order valence-electron chi connectivity index (χ2n) is 6.75. The van der Waals surface area contributed by atoms with Crippen LogP contribution in [0.4, 0.5) is 10.1 Å². The van der Waals surface area contributed by atoms with Crippen molar-refractivity contribution < 1.29 is 22.2 Å². The molecule has 4 aromatic rings. The molecule has 0 saturated heterocycles. The fraction of sp³-hybridized carbons (Fsp3) is 0. The topological polar surface area (TPSA) is 80.0 Å². The first-order valence-electron chi connectivity index (χ1n) is 9.39. The number of nitrogens with zero attached hydrogens (tertiary/aromatic N) is 2. The standard InChI is InChI=1S/C23H15ClFN3O3S/c24-17-4-9-21(20(15-17)23(29)16-10-12-26-13-11-16)27-32(30,31)19-7-5-18(6-8-19)28-14-2-1-3-22(28)25/h1-15H/p+1. The van der Waals surface area contributed by atoms with Gasteiger partial charge >= 0.3 is 5.95 Å². The third-order valence-electron chi connectivity index (χ3n) is 4.65. The highest BCUT2D eigenvalue weighted by molar-refractivity contribution is 7.92. The van der Waals surface area contributed by atoms with Gasteiger partial charge in [0, 0.05) is 52.8 Å². The molecule has 32 heavy (non-hydrogen) atoms. The Hall–Kier alpha value is -3.62. The lowest BCUT2D eigenvalue weighted by Gasteiger charge is -2.13. The molecule has 0 saturated carbocycles. The molecule has 2 aromatic heterocycles. The van der Waals surface area contributed by atoms with E-state index in [4.69, 9.17) is 11.6 Å². The van der Waals surface area contributed by atoms with Crippen molar-refractivity contribution in [1.29, 1.82) is 0 Å². The molecular formula is C23H16ClFN3O3S+. The number of carbonyl (C=O) groups is 1. The van der Waals surface area contributed by atoms with E-state index in [0.717, 1.165) is 0 Å². The van der Waals surface area contributed by atoms with Gasteiger partial charge in [0.2, 0.25) is 5.69 Å². The number of rotatable bonds is 6. The van der Waals surface area contributed by atoms with Crippen LogP contribution in [0, 0.1) is 5.95 Å². The van der Waals surface area contributed by atoms with E-state index in [1.165, 1.54) is 83.8 Å². The fourth-order valence-corrected chi connectivity index (χ4v) is 4.33. The Morgan fingerprint density at radius 3 is 2.38 bits per heavy atom. The zero-order chi connectivity index (χ0) is 22.7. The van der Waals surface area contributed by atoms with E-state index in [1.54, 1.807) is 12.1 Å². The van der Waals surface area contributed by atoms with Crippen LogP contribution in [0.2, 0.25) is 5.02 Å². The average Bonchev–Trinajstić information content (AvgIpc) is 2.81. The van der Waals surface area contributed by atoms with Gasteiger partial charge in [-0.05, 0) is 48.5 Å². The molecule has 0 aliphatic heterocycles. The molecule has 0 amide bonds. The van der Waals surface area contributed by atoms with Crippen LogP contribution in [-0.2, 0) is 10.0 Å². The molecule has 0 aliphatic rings. The van der Waals surface area contributed by atoms with Gasteiger partial charge in [0.25, 0.3) is 10.0 Å². The Morgan fingerprint density at radius 1 is 0.969 bits per heavy atom. The van der Waals surface area contributed by atoms with Gasteiger partial charge in [0.15, 0.2) is 12.0 Å². The first-order valence-corrected chi connectivity index (χ1v) is 11.2. The monoisotopic (exact) mass is 468 g/mol. The van der Waals surface area contributed by atoms with Crippen LogP contribution in [-0.4, -0.2) is 19.2 Å². The lowest BCUT2D eigenvalue weighted by Crippen LogP contribution is -2.34. The predicted octanol–water partition coefficient (Wildman–Crippen LogP) is 4.18. The Kier molecular flexibility index (Phi) is 5.98. The summed E-state index contributed by atoms with van der Waals surface area (Å²) in [5, 5.41) is 0.289. The highest BCUT2D eigenvalue weighted by atomic mass is 35.5. The number of anilines is 1. The number of hydrogen-bond donors (Lipinski definition) is 1. The summed E-state index contributed by atoms with van der Waals surface area (Å²) < 4.78 is 43.6. The largest absolute Gasteiger partial charge is 0.365 e. The molecule has 2 heterocycles. The van der Waals surface area contributed by atoms with Gasteiger partial charge in [0.05, 0.1) is 10.6 Å². The summed E-state index contributed by atoms with van der Waals surface area (Å²) in [6.45, 7) is 0. The zero-order valence-corrected chi connectivity index (χ0v) is 18.0. The zero-order valence-electron chi connectivity index (χ0n) is 16.4. The maximum Gasteiger partial charge on any atom is 0.365 e. The molecule has 1 N–H and O–H groups in total. The second kappa shape index (κ2) is 8.86. The molecule has 0 spiro atoms. The number of nitrogens with one attached hydrogen (secondary N) is 1. The maximum atomic E-state index is 14.0. The molecule has 6 nitrogen and oxygen atoms in total. The summed E-state index contributed by atoms with van der Waals surface area (Å²) in [5.74, 6) is -0.888. The molecule has 0 bridgehead atoms. The van der Waals surface area contributed by atoms with E-state index in [1.807, 2.05) is 0 Å². The third-order valence-corrected chi connectivity index (χ3v) is 6.26. The molecule has 9 heteroatoms. The highest BCUT2D eigenvalue weighted by Gasteiger charge is 2.21. The van der Waals surface area contributed by atoms with E-state index >= 15 is 0 Å². The summed E-state index contributed by atoms with van der Waals surface area (Å²) in [5.41, 5.74) is 0.991. The number of ketones is 1. The number of benzene rings is 2. The van der Waals surface area contributed by atoms with Crippen molar-refractivity contribution in [3.63, 3.8) is 0 Å². The molecule has 2 aromatic carbocycles. The first-order chi connectivity index (χ1) is 15.3. The number of hydrogen-bond acceptors (Lipinski definition) is 4. The SMILES string of the molecule is O=C(c1ccncc1)c1cc(Cl)ccc1NS(=O)(=O)c1ccc(-[n+]2ccccc2F)cc1. The van der Waals surface area contributed by atoms with E-state index in [9.17, 15) is 17.6 Å². The van der Waals surface area contributed by atoms with Crippen molar-refractivity contribution in [3.8, 4) is 5.69 Å². The minimum absolute atomic E-state index is 0.0459. The van der Waals surface area contributed by atoms with E-state index in [-0.39, 0.29) is 21.2 Å². The maximum absolute atomic E-state index is 14.0. The molecular weight excluding hydrogens is 453 g/mol. The van der Waals surface area contributed by atoms with Crippen molar-refractivity contribution in [2.75, 3.05) is 4.72 Å². The van der Waals surface area contributed by atoms with Crippen molar-refractivity contribution in [3.05, 3.63) is 113 Å². The van der Waals surface area contributed by atoms with Crippen LogP contribution >= 0.6 is 11.6 Å². The first kappa shape index (κ1) is 21.6. The molecule has 160 valence electrons. The smallest absolute Gasteiger partial charge is 0.289 e. The van der Waals surface area contributed by atoms with Crippen LogP contribution in [0.1, 0.15) is 15.9 Å². The van der Waals surface area contributed by atoms with Crippen LogP contribution in [0.25, 0.3) is 5.69 Å². The summed E-state index contributed by atoms with van der Waals surface area (Å²) in [4.78, 5) is 16.7. The van der Waals surface area contributed by atoms with E-state index in [2.05, 4.69) is 9.71 Å².